The summed E-state index contributed by atoms with van der Waals surface area (Å²) < 4.78 is 10.9. The SMILES string of the molecule is C[C@@H](NC(=O)[C@@H](N)Cc1ccc(OCc2ccccc2)cc1)C(=O)N(CC=O)C(=O)OC(C)(C)C. The van der Waals surface area contributed by atoms with Gasteiger partial charge in [-0.15, -0.1) is 0 Å². The minimum atomic E-state index is -1.09. The van der Waals surface area contributed by atoms with Crippen LogP contribution in [0.5, 0.6) is 5.75 Å². The van der Waals surface area contributed by atoms with Crippen LogP contribution in [0.3, 0.4) is 0 Å². The van der Waals surface area contributed by atoms with Crippen LogP contribution in [0, 0.1) is 0 Å². The van der Waals surface area contributed by atoms with Crippen LogP contribution in [-0.4, -0.2) is 53.3 Å². The third-order valence-corrected chi connectivity index (χ3v) is 4.83. The lowest BCUT2D eigenvalue weighted by Crippen LogP contribution is -2.54. The monoisotopic (exact) mass is 483 g/mol. The lowest BCUT2D eigenvalue weighted by molar-refractivity contribution is -0.136. The predicted molar refractivity (Wildman–Crippen MR) is 131 cm³/mol. The molecule has 2 atom stereocenters. The summed E-state index contributed by atoms with van der Waals surface area (Å²) >= 11 is 0. The van der Waals surface area contributed by atoms with Gasteiger partial charge in [-0.05, 0) is 57.4 Å². The molecule has 2 aromatic carbocycles. The van der Waals surface area contributed by atoms with Gasteiger partial charge in [0, 0.05) is 0 Å². The Bertz CT molecular complexity index is 1000. The van der Waals surface area contributed by atoms with E-state index >= 15 is 0 Å². The van der Waals surface area contributed by atoms with Crippen LogP contribution in [0.4, 0.5) is 4.79 Å². The fourth-order valence-corrected chi connectivity index (χ4v) is 3.07. The van der Waals surface area contributed by atoms with Crippen molar-refractivity contribution in [1.29, 1.82) is 0 Å². The number of amides is 3. The highest BCUT2D eigenvalue weighted by Crippen LogP contribution is 2.15. The molecule has 188 valence electrons. The highest BCUT2D eigenvalue weighted by atomic mass is 16.6. The Labute approximate surface area is 205 Å². The molecule has 0 unspecified atom stereocenters. The third kappa shape index (κ3) is 9.21. The standard InChI is InChI=1S/C26H33N3O6/c1-18(24(32)29(14-15-30)25(33)35-26(2,3)4)28-23(31)22(27)16-19-10-12-21(13-11-19)34-17-20-8-6-5-7-9-20/h5-13,15,18,22H,14,16-17,27H2,1-4H3,(H,28,31)/t18-,22+/m1/s1. The molecule has 9 nitrogen and oxygen atoms in total. The minimum absolute atomic E-state index is 0.232. The molecule has 0 saturated heterocycles. The number of carbonyl (C=O) groups excluding carboxylic acids is 4. The second kappa shape index (κ2) is 12.7. The Kier molecular flexibility index (Phi) is 9.96. The van der Waals surface area contributed by atoms with E-state index in [1.807, 2.05) is 42.5 Å². The molecular formula is C26H33N3O6. The zero-order valence-corrected chi connectivity index (χ0v) is 20.5. The Hall–Kier alpha value is -3.72. The van der Waals surface area contributed by atoms with E-state index in [-0.39, 0.29) is 6.42 Å². The van der Waals surface area contributed by atoms with Gasteiger partial charge in [0.15, 0.2) is 0 Å². The van der Waals surface area contributed by atoms with E-state index in [9.17, 15) is 19.2 Å². The van der Waals surface area contributed by atoms with Gasteiger partial charge in [0.1, 0.15) is 30.3 Å². The number of carbonyl (C=O) groups is 4. The second-order valence-corrected chi connectivity index (χ2v) is 9.05. The highest BCUT2D eigenvalue weighted by Gasteiger charge is 2.31. The Morgan fingerprint density at radius 3 is 2.23 bits per heavy atom. The molecule has 0 spiro atoms. The van der Waals surface area contributed by atoms with Gasteiger partial charge in [-0.25, -0.2) is 9.69 Å². The number of ether oxygens (including phenoxy) is 2. The second-order valence-electron chi connectivity index (χ2n) is 9.05. The molecule has 0 aromatic heterocycles. The molecule has 0 aliphatic heterocycles. The average Bonchev–Trinajstić information content (AvgIpc) is 2.81. The van der Waals surface area contributed by atoms with Crippen molar-refractivity contribution in [2.45, 2.75) is 58.4 Å². The molecule has 0 saturated carbocycles. The first-order chi connectivity index (χ1) is 16.5. The Morgan fingerprint density at radius 2 is 1.66 bits per heavy atom. The van der Waals surface area contributed by atoms with E-state index < -0.39 is 42.1 Å². The molecule has 2 rings (SSSR count). The van der Waals surface area contributed by atoms with Crippen LogP contribution in [0.25, 0.3) is 0 Å². The molecule has 3 N–H and O–H groups in total. The number of imide groups is 1. The van der Waals surface area contributed by atoms with E-state index in [0.29, 0.717) is 23.5 Å². The maximum atomic E-state index is 12.7. The fraction of sp³-hybridized carbons (Fsp3) is 0.385. The van der Waals surface area contributed by atoms with E-state index in [0.717, 1.165) is 11.1 Å². The van der Waals surface area contributed by atoms with Crippen LogP contribution in [0.1, 0.15) is 38.8 Å². The van der Waals surface area contributed by atoms with E-state index in [4.69, 9.17) is 15.2 Å². The van der Waals surface area contributed by atoms with Crippen molar-refractivity contribution >= 4 is 24.2 Å². The van der Waals surface area contributed by atoms with E-state index in [2.05, 4.69) is 5.32 Å². The van der Waals surface area contributed by atoms with Gasteiger partial charge in [-0.2, -0.15) is 0 Å². The number of hydrogen-bond acceptors (Lipinski definition) is 7. The molecule has 0 aliphatic rings. The first-order valence-corrected chi connectivity index (χ1v) is 11.3. The molecule has 0 bridgehead atoms. The summed E-state index contributed by atoms with van der Waals surface area (Å²) in [5.74, 6) is -0.649. The molecule has 3 amide bonds. The summed E-state index contributed by atoms with van der Waals surface area (Å²) in [6, 6.07) is 15.0. The van der Waals surface area contributed by atoms with Gasteiger partial charge in [0.2, 0.25) is 5.91 Å². The predicted octanol–water partition coefficient (Wildman–Crippen LogP) is 2.60. The van der Waals surface area contributed by atoms with Crippen LogP contribution in [0.15, 0.2) is 54.6 Å². The Balaban J connectivity index is 1.90. The first kappa shape index (κ1) is 27.5. The zero-order chi connectivity index (χ0) is 26.0. The summed E-state index contributed by atoms with van der Waals surface area (Å²) in [4.78, 5) is 49.1. The maximum absolute atomic E-state index is 12.7. The third-order valence-electron chi connectivity index (χ3n) is 4.83. The summed E-state index contributed by atoms with van der Waals surface area (Å²) in [5, 5.41) is 2.50. The zero-order valence-electron chi connectivity index (χ0n) is 20.5. The van der Waals surface area contributed by atoms with Crippen molar-refractivity contribution in [2.24, 2.45) is 5.73 Å². The smallest absolute Gasteiger partial charge is 0.417 e. The number of aldehydes is 1. The number of rotatable bonds is 10. The van der Waals surface area contributed by atoms with Crippen molar-refractivity contribution in [2.75, 3.05) is 6.54 Å². The van der Waals surface area contributed by atoms with Crippen LogP contribution in [-0.2, 0) is 32.1 Å². The molecule has 2 aromatic rings. The average molecular weight is 484 g/mol. The van der Waals surface area contributed by atoms with E-state index in [1.54, 1.807) is 32.9 Å². The molecule has 0 fully saturated rings. The van der Waals surface area contributed by atoms with Gasteiger partial charge in [-0.1, -0.05) is 42.5 Å². The van der Waals surface area contributed by atoms with Gasteiger partial charge < -0.3 is 25.3 Å². The lowest BCUT2D eigenvalue weighted by Gasteiger charge is -2.27. The largest absolute Gasteiger partial charge is 0.489 e. The van der Waals surface area contributed by atoms with Crippen LogP contribution >= 0.6 is 0 Å². The summed E-state index contributed by atoms with van der Waals surface area (Å²) in [6.07, 6.45) is -0.319. The molecule has 0 heterocycles. The van der Waals surface area contributed by atoms with Crippen LogP contribution < -0.4 is 15.8 Å². The summed E-state index contributed by atoms with van der Waals surface area (Å²) in [6.45, 7) is 6.28. The van der Waals surface area contributed by atoms with Crippen molar-refractivity contribution in [3.63, 3.8) is 0 Å². The highest BCUT2D eigenvalue weighted by molar-refractivity contribution is 5.98. The minimum Gasteiger partial charge on any atom is -0.489 e. The molecular weight excluding hydrogens is 450 g/mol. The summed E-state index contributed by atoms with van der Waals surface area (Å²) in [5.41, 5.74) is 7.05. The number of nitrogens with zero attached hydrogens (tertiary/aromatic N) is 1. The first-order valence-electron chi connectivity index (χ1n) is 11.3. The fourth-order valence-electron chi connectivity index (χ4n) is 3.07. The molecule has 0 radical (unpaired) electrons. The topological polar surface area (TPSA) is 128 Å². The van der Waals surface area contributed by atoms with Crippen LogP contribution in [0.2, 0.25) is 0 Å². The summed E-state index contributed by atoms with van der Waals surface area (Å²) in [7, 11) is 0. The quantitative estimate of drug-likeness (QED) is 0.497. The Morgan fingerprint density at radius 1 is 1.03 bits per heavy atom. The van der Waals surface area contributed by atoms with Crippen molar-refractivity contribution in [3.05, 3.63) is 65.7 Å². The van der Waals surface area contributed by atoms with Gasteiger partial charge in [-0.3, -0.25) is 9.59 Å². The number of nitrogens with two attached hydrogens (primary N) is 1. The number of hydrogen-bond donors (Lipinski definition) is 2. The number of nitrogens with one attached hydrogen (secondary N) is 1. The molecule has 9 heteroatoms. The number of benzene rings is 2. The molecule has 35 heavy (non-hydrogen) atoms. The van der Waals surface area contributed by atoms with Crippen molar-refractivity contribution in [1.82, 2.24) is 10.2 Å². The van der Waals surface area contributed by atoms with Crippen molar-refractivity contribution in [3.8, 4) is 5.75 Å². The van der Waals surface area contributed by atoms with Gasteiger partial charge in [0.05, 0.1) is 12.6 Å². The van der Waals surface area contributed by atoms with E-state index in [1.165, 1.54) is 6.92 Å². The lowest BCUT2D eigenvalue weighted by atomic mass is 10.1. The van der Waals surface area contributed by atoms with Gasteiger partial charge in [0.25, 0.3) is 5.91 Å². The van der Waals surface area contributed by atoms with Crippen molar-refractivity contribution < 1.29 is 28.7 Å². The molecule has 0 aliphatic carbocycles. The normalized spacial score (nSPS) is 12.7. The van der Waals surface area contributed by atoms with Gasteiger partial charge >= 0.3 is 6.09 Å². The maximum Gasteiger partial charge on any atom is 0.417 e.